The molecule has 2 amide bonds. The summed E-state index contributed by atoms with van der Waals surface area (Å²) in [6.07, 6.45) is 2.37. The molecular weight excluding hydrogens is 410 g/mol. The van der Waals surface area contributed by atoms with Crippen LogP contribution in [0.25, 0.3) is 5.69 Å². The van der Waals surface area contributed by atoms with Crippen LogP contribution in [0.3, 0.4) is 0 Å². The van der Waals surface area contributed by atoms with Gasteiger partial charge >= 0.3 is 0 Å². The molecule has 1 heterocycles. The lowest BCUT2D eigenvalue weighted by Gasteiger charge is -2.22. The van der Waals surface area contributed by atoms with Crippen LogP contribution in [-0.4, -0.2) is 43.8 Å². The maximum absolute atomic E-state index is 12.9. The fraction of sp³-hybridized carbons (Fsp3) is 0.304. The molecule has 4 rings (SSSR count). The van der Waals surface area contributed by atoms with Crippen molar-refractivity contribution in [3.63, 3.8) is 0 Å². The molecular formula is C23H25N5O2S. The van der Waals surface area contributed by atoms with Crippen LogP contribution in [0.4, 0.5) is 0 Å². The van der Waals surface area contributed by atoms with Gasteiger partial charge in [-0.3, -0.25) is 9.59 Å². The van der Waals surface area contributed by atoms with Gasteiger partial charge in [0.2, 0.25) is 17.0 Å². The fourth-order valence-electron chi connectivity index (χ4n) is 3.29. The highest BCUT2D eigenvalue weighted by atomic mass is 32.2. The second-order valence-electron chi connectivity index (χ2n) is 7.58. The van der Waals surface area contributed by atoms with E-state index < -0.39 is 5.91 Å². The number of amides is 2. The van der Waals surface area contributed by atoms with Gasteiger partial charge in [0.15, 0.2) is 0 Å². The van der Waals surface area contributed by atoms with Crippen LogP contribution in [0, 0.1) is 0 Å². The summed E-state index contributed by atoms with van der Waals surface area (Å²) in [6.45, 7) is 0.732. The summed E-state index contributed by atoms with van der Waals surface area (Å²) in [5, 5.41) is 5.25. The molecule has 3 aromatic rings. The molecule has 0 radical (unpaired) electrons. The highest BCUT2D eigenvalue weighted by Crippen LogP contribution is 2.40. The first-order chi connectivity index (χ1) is 15.1. The molecule has 8 heteroatoms. The third-order valence-corrected chi connectivity index (χ3v) is 5.90. The van der Waals surface area contributed by atoms with Crippen molar-refractivity contribution in [3.8, 4) is 5.69 Å². The number of hydrogen-bond donors (Lipinski definition) is 1. The van der Waals surface area contributed by atoms with E-state index in [9.17, 15) is 9.59 Å². The molecule has 0 atom stereocenters. The summed E-state index contributed by atoms with van der Waals surface area (Å²) < 4.78 is 1.89. The van der Waals surface area contributed by atoms with Gasteiger partial charge in [0.05, 0.1) is 11.4 Å². The molecule has 1 aromatic heterocycles. The van der Waals surface area contributed by atoms with Crippen LogP contribution in [-0.2, 0) is 16.1 Å². The molecule has 1 fully saturated rings. The number of primary amides is 1. The minimum Gasteiger partial charge on any atom is -0.370 e. The number of hydrogen-bond acceptors (Lipinski definition) is 5. The van der Waals surface area contributed by atoms with Crippen molar-refractivity contribution < 1.29 is 9.59 Å². The Morgan fingerprint density at radius 3 is 2.39 bits per heavy atom. The topological polar surface area (TPSA) is 94.1 Å². The Morgan fingerprint density at radius 2 is 1.74 bits per heavy atom. The van der Waals surface area contributed by atoms with Gasteiger partial charge in [-0.05, 0) is 30.5 Å². The largest absolute Gasteiger partial charge is 0.370 e. The first-order valence-electron chi connectivity index (χ1n) is 10.4. The Bertz CT molecular complexity index is 1030. The summed E-state index contributed by atoms with van der Waals surface area (Å²) in [7, 11) is 0. The van der Waals surface area contributed by atoms with Crippen LogP contribution in [0.2, 0.25) is 0 Å². The minimum absolute atomic E-state index is 0.0702. The zero-order valence-corrected chi connectivity index (χ0v) is 18.0. The first-order valence-corrected chi connectivity index (χ1v) is 11.3. The number of para-hydroxylation sites is 1. The molecule has 0 aliphatic heterocycles. The van der Waals surface area contributed by atoms with Crippen molar-refractivity contribution >= 4 is 23.6 Å². The Balaban J connectivity index is 1.45. The highest BCUT2D eigenvalue weighted by molar-refractivity contribution is 7.99. The summed E-state index contributed by atoms with van der Waals surface area (Å²) in [4.78, 5) is 30.6. The Kier molecular flexibility index (Phi) is 6.66. The number of nitrogens with two attached hydrogens (primary N) is 1. The molecule has 2 aromatic carbocycles. The normalized spacial score (nSPS) is 13.2. The van der Waals surface area contributed by atoms with Gasteiger partial charge in [0.25, 0.3) is 0 Å². The lowest BCUT2D eigenvalue weighted by atomic mass is 10.2. The van der Waals surface area contributed by atoms with E-state index in [1.54, 1.807) is 4.90 Å². The van der Waals surface area contributed by atoms with Gasteiger partial charge in [-0.2, -0.15) is 0 Å². The highest BCUT2D eigenvalue weighted by Gasteiger charge is 2.30. The maximum atomic E-state index is 12.9. The van der Waals surface area contributed by atoms with Crippen LogP contribution in [0.1, 0.15) is 36.6 Å². The van der Waals surface area contributed by atoms with Crippen LogP contribution < -0.4 is 5.73 Å². The van der Waals surface area contributed by atoms with Gasteiger partial charge in [0, 0.05) is 25.4 Å². The third-order valence-electron chi connectivity index (χ3n) is 5.08. The monoisotopic (exact) mass is 435 g/mol. The third kappa shape index (κ3) is 5.73. The number of aromatic nitrogens is 3. The van der Waals surface area contributed by atoms with Gasteiger partial charge in [-0.15, -0.1) is 5.10 Å². The molecule has 7 nitrogen and oxygen atoms in total. The number of carbonyl (C=O) groups excluding carboxylic acids is 2. The van der Waals surface area contributed by atoms with Crippen LogP contribution >= 0.6 is 11.8 Å². The lowest BCUT2D eigenvalue weighted by molar-refractivity contribution is -0.129. The summed E-state index contributed by atoms with van der Waals surface area (Å²) in [6, 6.07) is 19.7. The van der Waals surface area contributed by atoms with Crippen molar-refractivity contribution in [2.45, 2.75) is 36.9 Å². The molecule has 31 heavy (non-hydrogen) atoms. The van der Waals surface area contributed by atoms with E-state index in [1.165, 1.54) is 11.8 Å². The average molecular weight is 436 g/mol. The molecule has 0 unspecified atom stereocenters. The van der Waals surface area contributed by atoms with Crippen LogP contribution in [0.5, 0.6) is 0 Å². The predicted octanol–water partition coefficient (Wildman–Crippen LogP) is 3.14. The van der Waals surface area contributed by atoms with Crippen molar-refractivity contribution in [2.75, 3.05) is 12.3 Å². The molecule has 0 saturated heterocycles. The van der Waals surface area contributed by atoms with E-state index in [-0.39, 0.29) is 18.1 Å². The predicted molar refractivity (Wildman–Crippen MR) is 120 cm³/mol. The average Bonchev–Trinajstić information content (AvgIpc) is 3.55. The van der Waals surface area contributed by atoms with Crippen molar-refractivity contribution in [3.05, 3.63) is 72.1 Å². The molecule has 2 N–H and O–H groups in total. The van der Waals surface area contributed by atoms with Gasteiger partial charge in [0.1, 0.15) is 5.82 Å². The molecule has 1 aliphatic carbocycles. The quantitative estimate of drug-likeness (QED) is 0.494. The summed E-state index contributed by atoms with van der Waals surface area (Å²) in [5.74, 6) is 1.10. The Hall–Kier alpha value is -3.13. The van der Waals surface area contributed by atoms with E-state index in [2.05, 4.69) is 5.10 Å². The van der Waals surface area contributed by atoms with E-state index in [1.807, 2.05) is 65.3 Å². The second kappa shape index (κ2) is 9.78. The number of carbonyl (C=O) groups is 2. The van der Waals surface area contributed by atoms with E-state index in [4.69, 9.17) is 10.7 Å². The molecule has 160 valence electrons. The first kappa shape index (κ1) is 21.1. The van der Waals surface area contributed by atoms with Gasteiger partial charge in [-0.25, -0.2) is 9.67 Å². The number of rotatable bonds is 10. The molecule has 0 bridgehead atoms. The lowest BCUT2D eigenvalue weighted by Crippen LogP contribution is -2.34. The minimum atomic E-state index is -0.420. The summed E-state index contributed by atoms with van der Waals surface area (Å²) >= 11 is 1.33. The van der Waals surface area contributed by atoms with Gasteiger partial charge < -0.3 is 10.6 Å². The fourth-order valence-corrected chi connectivity index (χ4v) is 4.02. The SMILES string of the molecule is NC(=O)CCN(Cc1ccccc1)C(=O)CSc1nc(C2CC2)n(-c2ccccc2)n1. The van der Waals surface area contributed by atoms with Crippen molar-refractivity contribution in [2.24, 2.45) is 5.73 Å². The number of thioether (sulfide) groups is 1. The molecule has 1 aliphatic rings. The summed E-state index contributed by atoms with van der Waals surface area (Å²) in [5.41, 5.74) is 7.28. The second-order valence-corrected chi connectivity index (χ2v) is 8.52. The van der Waals surface area contributed by atoms with Crippen molar-refractivity contribution in [1.29, 1.82) is 0 Å². The van der Waals surface area contributed by atoms with Crippen molar-refractivity contribution in [1.82, 2.24) is 19.7 Å². The molecule has 0 spiro atoms. The molecule has 1 saturated carbocycles. The van der Waals surface area contributed by atoms with E-state index in [0.717, 1.165) is 29.9 Å². The van der Waals surface area contributed by atoms with Gasteiger partial charge in [-0.1, -0.05) is 60.3 Å². The zero-order valence-electron chi connectivity index (χ0n) is 17.2. The standard InChI is InChI=1S/C23H25N5O2S/c24-20(29)13-14-27(15-17-7-3-1-4-8-17)21(30)16-31-23-25-22(18-11-12-18)28(26-23)19-9-5-2-6-10-19/h1-10,18H,11-16H2,(H2,24,29). The number of nitrogens with zero attached hydrogens (tertiary/aromatic N) is 4. The number of benzene rings is 2. The zero-order chi connectivity index (χ0) is 21.6. The Labute approximate surface area is 185 Å². The van der Waals surface area contributed by atoms with Crippen LogP contribution in [0.15, 0.2) is 65.8 Å². The van der Waals surface area contributed by atoms with E-state index in [0.29, 0.717) is 24.2 Å². The smallest absolute Gasteiger partial charge is 0.233 e. The Morgan fingerprint density at radius 1 is 1.06 bits per heavy atom. The van der Waals surface area contributed by atoms with E-state index >= 15 is 0 Å². The maximum Gasteiger partial charge on any atom is 0.233 e.